The highest BCUT2D eigenvalue weighted by Gasteiger charge is 2.24. The smallest absolute Gasteiger partial charge is 0.352 e. The number of rotatable bonds is 3. The number of nitriles is 1. The van der Waals surface area contributed by atoms with Crippen molar-refractivity contribution in [3.8, 4) is 6.07 Å². The van der Waals surface area contributed by atoms with Crippen LogP contribution in [0.1, 0.15) is 10.5 Å². The Morgan fingerprint density at radius 2 is 2.37 bits per heavy atom. The molecule has 0 spiro atoms. The Labute approximate surface area is 109 Å². The number of hydrogen-bond donors (Lipinski definition) is 1. The summed E-state index contributed by atoms with van der Waals surface area (Å²) in [6.45, 7) is 0.911. The summed E-state index contributed by atoms with van der Waals surface area (Å²) in [6, 6.07) is 4.98. The third-order valence-corrected chi connectivity index (χ3v) is 2.92. The Hall–Kier alpha value is -2.33. The van der Waals surface area contributed by atoms with Crippen molar-refractivity contribution < 1.29 is 19.4 Å². The fourth-order valence-corrected chi connectivity index (χ4v) is 1.95. The Morgan fingerprint density at radius 3 is 3.05 bits per heavy atom. The lowest BCUT2D eigenvalue weighted by molar-refractivity contribution is -0.137. The molecule has 1 saturated heterocycles. The van der Waals surface area contributed by atoms with Crippen molar-refractivity contribution in [3.63, 3.8) is 0 Å². The summed E-state index contributed by atoms with van der Waals surface area (Å²) in [7, 11) is 0. The van der Waals surface area contributed by atoms with Crippen LogP contribution < -0.4 is 0 Å². The van der Waals surface area contributed by atoms with E-state index in [1.807, 2.05) is 6.07 Å². The number of aromatic nitrogens is 1. The molecule has 0 radical (unpaired) electrons. The fourth-order valence-electron chi connectivity index (χ4n) is 1.95. The van der Waals surface area contributed by atoms with Crippen molar-refractivity contribution in [2.45, 2.75) is 12.6 Å². The quantitative estimate of drug-likeness (QED) is 0.824. The third-order valence-electron chi connectivity index (χ3n) is 2.92. The van der Waals surface area contributed by atoms with E-state index in [9.17, 15) is 9.59 Å². The Morgan fingerprint density at radius 1 is 1.58 bits per heavy atom. The molecule has 1 amide bonds. The molecule has 2 heterocycles. The van der Waals surface area contributed by atoms with Crippen LogP contribution >= 0.6 is 0 Å². The summed E-state index contributed by atoms with van der Waals surface area (Å²) in [6.07, 6.45) is 0.935. The van der Waals surface area contributed by atoms with E-state index in [1.165, 1.54) is 15.5 Å². The van der Waals surface area contributed by atoms with Gasteiger partial charge in [0.1, 0.15) is 12.2 Å². The standard InChI is InChI=1S/C12H13N3O4/c13-6-9-7-15(4-5-19-9)11(16)8-14-3-1-2-10(14)12(17)18/h1-3,9H,4-5,7-8H2,(H,17,18). The number of amides is 1. The first-order chi connectivity index (χ1) is 9.11. The number of ether oxygens (including phenoxy) is 1. The number of carbonyl (C=O) groups excluding carboxylic acids is 1. The minimum Gasteiger partial charge on any atom is -0.477 e. The van der Waals surface area contributed by atoms with Gasteiger partial charge < -0.3 is 19.3 Å². The van der Waals surface area contributed by atoms with Crippen LogP contribution in [-0.2, 0) is 16.1 Å². The maximum absolute atomic E-state index is 12.0. The van der Waals surface area contributed by atoms with Crippen LogP contribution in [0, 0.1) is 11.3 Å². The number of carbonyl (C=O) groups is 2. The Bertz CT molecular complexity index is 531. The summed E-state index contributed by atoms with van der Waals surface area (Å²) < 4.78 is 6.53. The molecule has 0 aromatic carbocycles. The van der Waals surface area contributed by atoms with Gasteiger partial charge in [0.2, 0.25) is 5.91 Å². The van der Waals surface area contributed by atoms with E-state index in [-0.39, 0.29) is 24.7 Å². The zero-order valence-corrected chi connectivity index (χ0v) is 10.2. The van der Waals surface area contributed by atoms with Gasteiger partial charge in [-0.2, -0.15) is 5.26 Å². The van der Waals surface area contributed by atoms with Crippen LogP contribution in [0.4, 0.5) is 0 Å². The molecule has 0 aliphatic carbocycles. The summed E-state index contributed by atoms with van der Waals surface area (Å²) >= 11 is 0. The normalized spacial score (nSPS) is 18.9. The zero-order chi connectivity index (χ0) is 13.8. The van der Waals surface area contributed by atoms with Crippen molar-refractivity contribution in [2.24, 2.45) is 0 Å². The van der Waals surface area contributed by atoms with Crippen molar-refractivity contribution in [2.75, 3.05) is 19.7 Å². The molecule has 2 rings (SSSR count). The molecular weight excluding hydrogens is 250 g/mol. The Balaban J connectivity index is 2.03. The lowest BCUT2D eigenvalue weighted by Gasteiger charge is -2.30. The predicted octanol–water partition coefficient (Wildman–Crippen LogP) is -0.0627. The van der Waals surface area contributed by atoms with E-state index in [0.717, 1.165) is 0 Å². The van der Waals surface area contributed by atoms with Gasteiger partial charge in [0.25, 0.3) is 0 Å². The number of aromatic carboxylic acids is 1. The van der Waals surface area contributed by atoms with E-state index in [0.29, 0.717) is 13.2 Å². The van der Waals surface area contributed by atoms with Crippen LogP contribution in [0.5, 0.6) is 0 Å². The number of nitrogens with zero attached hydrogens (tertiary/aromatic N) is 3. The van der Waals surface area contributed by atoms with Gasteiger partial charge in [-0.05, 0) is 12.1 Å². The van der Waals surface area contributed by atoms with E-state index in [4.69, 9.17) is 15.1 Å². The van der Waals surface area contributed by atoms with Gasteiger partial charge in [-0.3, -0.25) is 4.79 Å². The lowest BCUT2D eigenvalue weighted by atomic mass is 10.3. The molecule has 1 fully saturated rings. The molecule has 7 heteroatoms. The molecule has 1 unspecified atom stereocenters. The summed E-state index contributed by atoms with van der Waals surface area (Å²) in [4.78, 5) is 24.5. The van der Waals surface area contributed by atoms with Gasteiger partial charge >= 0.3 is 5.97 Å². The SMILES string of the molecule is N#CC1CN(C(=O)Cn2cccc2C(=O)O)CCO1. The number of morpholine rings is 1. The highest BCUT2D eigenvalue weighted by atomic mass is 16.5. The van der Waals surface area contributed by atoms with Crippen LogP contribution in [-0.4, -0.2) is 52.3 Å². The lowest BCUT2D eigenvalue weighted by Crippen LogP contribution is -2.46. The predicted molar refractivity (Wildman–Crippen MR) is 63.3 cm³/mol. The van der Waals surface area contributed by atoms with E-state index in [1.54, 1.807) is 12.3 Å². The summed E-state index contributed by atoms with van der Waals surface area (Å²) in [5.74, 6) is -1.29. The molecule has 1 aromatic rings. The highest BCUT2D eigenvalue weighted by Crippen LogP contribution is 2.08. The minimum atomic E-state index is -1.07. The number of hydrogen-bond acceptors (Lipinski definition) is 4. The number of carboxylic acid groups (broad SMARTS) is 1. The zero-order valence-electron chi connectivity index (χ0n) is 10.2. The molecule has 7 nitrogen and oxygen atoms in total. The van der Waals surface area contributed by atoms with Gasteiger partial charge in [-0.1, -0.05) is 0 Å². The highest BCUT2D eigenvalue weighted by molar-refractivity contribution is 5.86. The first kappa shape index (κ1) is 13.1. The molecular formula is C12H13N3O4. The van der Waals surface area contributed by atoms with Crippen LogP contribution in [0.3, 0.4) is 0 Å². The molecule has 19 heavy (non-hydrogen) atoms. The molecule has 1 N–H and O–H groups in total. The van der Waals surface area contributed by atoms with Gasteiger partial charge in [0.05, 0.1) is 19.2 Å². The molecule has 1 atom stereocenters. The van der Waals surface area contributed by atoms with E-state index in [2.05, 4.69) is 0 Å². The monoisotopic (exact) mass is 263 g/mol. The first-order valence-electron chi connectivity index (χ1n) is 5.79. The average Bonchev–Trinajstić information content (AvgIpc) is 2.87. The van der Waals surface area contributed by atoms with Crippen molar-refractivity contribution in [1.82, 2.24) is 9.47 Å². The van der Waals surface area contributed by atoms with Gasteiger partial charge in [-0.25, -0.2) is 4.79 Å². The number of carboxylic acids is 1. The van der Waals surface area contributed by atoms with Crippen molar-refractivity contribution in [3.05, 3.63) is 24.0 Å². The minimum absolute atomic E-state index is 0.0488. The van der Waals surface area contributed by atoms with Gasteiger partial charge in [0.15, 0.2) is 6.10 Å². The second-order valence-electron chi connectivity index (χ2n) is 4.15. The Kier molecular flexibility index (Phi) is 3.82. The van der Waals surface area contributed by atoms with Gasteiger partial charge in [0, 0.05) is 12.7 Å². The topological polar surface area (TPSA) is 95.6 Å². The third kappa shape index (κ3) is 2.92. The summed E-state index contributed by atoms with van der Waals surface area (Å²) in [5.41, 5.74) is 0.0680. The molecule has 0 saturated carbocycles. The van der Waals surface area contributed by atoms with Crippen molar-refractivity contribution >= 4 is 11.9 Å². The molecule has 1 aromatic heterocycles. The average molecular weight is 263 g/mol. The molecule has 1 aliphatic rings. The van der Waals surface area contributed by atoms with E-state index >= 15 is 0 Å². The second-order valence-corrected chi connectivity index (χ2v) is 4.15. The van der Waals surface area contributed by atoms with Gasteiger partial charge in [-0.15, -0.1) is 0 Å². The van der Waals surface area contributed by atoms with Crippen molar-refractivity contribution in [1.29, 1.82) is 5.26 Å². The maximum atomic E-state index is 12.0. The molecule has 100 valence electrons. The second kappa shape index (κ2) is 5.54. The largest absolute Gasteiger partial charge is 0.477 e. The first-order valence-corrected chi connectivity index (χ1v) is 5.79. The van der Waals surface area contributed by atoms with Crippen LogP contribution in [0.25, 0.3) is 0 Å². The van der Waals surface area contributed by atoms with Crippen LogP contribution in [0.15, 0.2) is 18.3 Å². The summed E-state index contributed by atoms with van der Waals surface area (Å²) in [5, 5.41) is 17.7. The molecule has 0 bridgehead atoms. The fraction of sp³-hybridized carbons (Fsp3) is 0.417. The van der Waals surface area contributed by atoms with Crippen LogP contribution in [0.2, 0.25) is 0 Å². The molecule has 1 aliphatic heterocycles. The van der Waals surface area contributed by atoms with E-state index < -0.39 is 12.1 Å². The maximum Gasteiger partial charge on any atom is 0.352 e.